The average Bonchev–Trinajstić information content (AvgIpc) is 3.43. The number of carbonyl (C=O) groups excluding carboxylic acids is 2. The third-order valence-corrected chi connectivity index (χ3v) is 5.75. The molecule has 8 nitrogen and oxygen atoms in total. The lowest BCUT2D eigenvalue weighted by Crippen LogP contribution is -2.20. The molecule has 0 aliphatic heterocycles. The van der Waals surface area contributed by atoms with Gasteiger partial charge < -0.3 is 14.5 Å². The molecule has 33 heavy (non-hydrogen) atoms. The summed E-state index contributed by atoms with van der Waals surface area (Å²) in [5, 5.41) is 4.88. The fraction of sp³-hybridized carbons (Fsp3) is 0.167. The Balaban J connectivity index is 1.33. The maximum atomic E-state index is 12.3. The van der Waals surface area contributed by atoms with Crippen LogP contribution in [0.5, 0.6) is 5.75 Å². The Morgan fingerprint density at radius 1 is 1.06 bits per heavy atom. The summed E-state index contributed by atoms with van der Waals surface area (Å²) in [6, 6.07) is 14.3. The average molecular weight is 463 g/mol. The van der Waals surface area contributed by atoms with Gasteiger partial charge >= 0.3 is 5.97 Å². The summed E-state index contributed by atoms with van der Waals surface area (Å²) in [6.07, 6.45) is 0. The van der Waals surface area contributed by atoms with Crippen molar-refractivity contribution in [1.82, 2.24) is 15.0 Å². The molecule has 0 atom stereocenters. The first-order valence-corrected chi connectivity index (χ1v) is 11.0. The molecule has 0 aliphatic carbocycles. The number of methoxy groups -OCH3 is 1. The number of rotatable bonds is 7. The molecular formula is C24H22N4O4S. The van der Waals surface area contributed by atoms with Crippen molar-refractivity contribution in [3.8, 4) is 28.4 Å². The van der Waals surface area contributed by atoms with E-state index in [1.165, 1.54) is 11.3 Å². The van der Waals surface area contributed by atoms with Crippen LogP contribution in [0, 0.1) is 13.8 Å². The molecule has 0 unspecified atom stereocenters. The largest absolute Gasteiger partial charge is 0.496 e. The molecule has 0 fully saturated rings. The van der Waals surface area contributed by atoms with Gasteiger partial charge in [0.1, 0.15) is 11.6 Å². The number of ether oxygens (including phenoxy) is 2. The molecule has 1 amide bonds. The van der Waals surface area contributed by atoms with Crippen molar-refractivity contribution in [1.29, 1.82) is 0 Å². The van der Waals surface area contributed by atoms with E-state index in [0.29, 0.717) is 22.1 Å². The second-order valence-electron chi connectivity index (χ2n) is 7.24. The summed E-state index contributed by atoms with van der Waals surface area (Å²) >= 11 is 1.28. The number of nitrogens with one attached hydrogen (secondary N) is 2. The van der Waals surface area contributed by atoms with Gasteiger partial charge in [-0.1, -0.05) is 24.3 Å². The van der Waals surface area contributed by atoms with Crippen molar-refractivity contribution in [3.63, 3.8) is 0 Å². The number of aromatic amines is 1. The molecule has 168 valence electrons. The monoisotopic (exact) mass is 462 g/mol. The number of H-pyrrole nitrogens is 1. The fourth-order valence-electron chi connectivity index (χ4n) is 3.13. The second-order valence-corrected chi connectivity index (χ2v) is 8.09. The number of benzene rings is 2. The molecule has 0 radical (unpaired) electrons. The zero-order chi connectivity index (χ0) is 23.4. The summed E-state index contributed by atoms with van der Waals surface area (Å²) < 4.78 is 10.5. The van der Waals surface area contributed by atoms with E-state index < -0.39 is 18.5 Å². The number of thiazole rings is 1. The van der Waals surface area contributed by atoms with Crippen molar-refractivity contribution in [2.45, 2.75) is 13.8 Å². The molecule has 0 spiro atoms. The number of hydrogen-bond donors (Lipinski definition) is 2. The Morgan fingerprint density at radius 2 is 1.82 bits per heavy atom. The summed E-state index contributed by atoms with van der Waals surface area (Å²) in [5.74, 6) is 0.373. The quantitative estimate of drug-likeness (QED) is 0.388. The van der Waals surface area contributed by atoms with Crippen LogP contribution in [0.1, 0.15) is 21.7 Å². The summed E-state index contributed by atoms with van der Waals surface area (Å²) in [7, 11) is 1.59. The number of amides is 1. The second kappa shape index (κ2) is 9.66. The first-order chi connectivity index (χ1) is 15.9. The molecule has 4 rings (SSSR count). The van der Waals surface area contributed by atoms with Crippen LogP contribution in [0.3, 0.4) is 0 Å². The standard InChI is InChI=1S/C24H22N4O4S/c1-14-15(2)26-22(25-14)16-8-10-17(11-9-16)23(30)32-12-21(29)28-24-27-19(13-33-24)18-6-4-5-7-20(18)31-3/h4-11,13H,12H2,1-3H3,(H,25,26)(H,27,28,29). The van der Waals surface area contributed by atoms with Gasteiger partial charge in [-0.2, -0.15) is 0 Å². The first-order valence-electron chi connectivity index (χ1n) is 10.1. The molecule has 0 saturated carbocycles. The summed E-state index contributed by atoms with van der Waals surface area (Å²) in [6.45, 7) is 3.46. The van der Waals surface area contributed by atoms with Crippen LogP contribution in [-0.2, 0) is 9.53 Å². The number of carbonyl (C=O) groups is 2. The maximum Gasteiger partial charge on any atom is 0.338 e. The Labute approximate surface area is 194 Å². The fourth-order valence-corrected chi connectivity index (χ4v) is 3.86. The topological polar surface area (TPSA) is 106 Å². The molecule has 2 N–H and O–H groups in total. The van der Waals surface area contributed by atoms with Crippen LogP contribution in [0.25, 0.3) is 22.6 Å². The minimum atomic E-state index is -0.586. The lowest BCUT2D eigenvalue weighted by molar-refractivity contribution is -0.119. The minimum Gasteiger partial charge on any atom is -0.496 e. The number of aromatic nitrogens is 3. The molecule has 2 aromatic carbocycles. The third kappa shape index (κ3) is 5.09. The lowest BCUT2D eigenvalue weighted by atomic mass is 10.1. The van der Waals surface area contributed by atoms with E-state index in [1.54, 1.807) is 31.4 Å². The Kier molecular flexibility index (Phi) is 6.50. The molecule has 0 bridgehead atoms. The van der Waals surface area contributed by atoms with E-state index in [0.717, 1.165) is 28.3 Å². The summed E-state index contributed by atoms with van der Waals surface area (Å²) in [5.41, 5.74) is 4.64. The number of imidazole rings is 1. The minimum absolute atomic E-state index is 0.347. The van der Waals surface area contributed by atoms with Gasteiger partial charge in [-0.05, 0) is 38.1 Å². The van der Waals surface area contributed by atoms with Gasteiger partial charge in [0.05, 0.1) is 24.1 Å². The summed E-state index contributed by atoms with van der Waals surface area (Å²) in [4.78, 5) is 36.6. The predicted molar refractivity (Wildman–Crippen MR) is 127 cm³/mol. The number of esters is 1. The molecule has 0 aliphatic rings. The van der Waals surface area contributed by atoms with Gasteiger partial charge in [-0.15, -0.1) is 11.3 Å². The van der Waals surface area contributed by atoms with Crippen LogP contribution in [0.15, 0.2) is 53.9 Å². The maximum absolute atomic E-state index is 12.3. The highest BCUT2D eigenvalue weighted by Crippen LogP contribution is 2.31. The Hall–Kier alpha value is -3.98. The van der Waals surface area contributed by atoms with Crippen molar-refractivity contribution < 1.29 is 19.1 Å². The van der Waals surface area contributed by atoms with Gasteiger partial charge in [-0.25, -0.2) is 14.8 Å². The number of para-hydroxylation sites is 1. The van der Waals surface area contributed by atoms with Crippen LogP contribution >= 0.6 is 11.3 Å². The number of nitrogens with zero attached hydrogens (tertiary/aromatic N) is 2. The molecule has 0 saturated heterocycles. The highest BCUT2D eigenvalue weighted by Gasteiger charge is 2.14. The van der Waals surface area contributed by atoms with Gasteiger partial charge in [0.2, 0.25) is 0 Å². The van der Waals surface area contributed by atoms with Crippen LogP contribution in [0.4, 0.5) is 5.13 Å². The van der Waals surface area contributed by atoms with E-state index in [2.05, 4.69) is 20.3 Å². The third-order valence-electron chi connectivity index (χ3n) is 4.99. The molecular weight excluding hydrogens is 440 g/mol. The predicted octanol–water partition coefficient (Wildman–Crippen LogP) is 4.62. The zero-order valence-electron chi connectivity index (χ0n) is 18.3. The Morgan fingerprint density at radius 3 is 2.52 bits per heavy atom. The Bertz CT molecular complexity index is 1270. The molecule has 2 aromatic heterocycles. The van der Waals surface area contributed by atoms with E-state index in [1.807, 2.05) is 43.5 Å². The van der Waals surface area contributed by atoms with Gasteiger partial charge in [0, 0.05) is 22.2 Å². The van der Waals surface area contributed by atoms with E-state index in [4.69, 9.17) is 9.47 Å². The zero-order valence-corrected chi connectivity index (χ0v) is 19.2. The van der Waals surface area contributed by atoms with E-state index >= 15 is 0 Å². The van der Waals surface area contributed by atoms with Gasteiger partial charge in [-0.3, -0.25) is 10.1 Å². The number of anilines is 1. The first kappa shape index (κ1) is 22.2. The molecule has 4 aromatic rings. The number of aryl methyl sites for hydroxylation is 2. The van der Waals surface area contributed by atoms with Crippen molar-refractivity contribution in [3.05, 3.63) is 70.9 Å². The van der Waals surface area contributed by atoms with Crippen molar-refractivity contribution in [2.24, 2.45) is 0 Å². The van der Waals surface area contributed by atoms with Crippen LogP contribution < -0.4 is 10.1 Å². The van der Waals surface area contributed by atoms with E-state index in [-0.39, 0.29) is 0 Å². The highest BCUT2D eigenvalue weighted by molar-refractivity contribution is 7.14. The van der Waals surface area contributed by atoms with E-state index in [9.17, 15) is 9.59 Å². The van der Waals surface area contributed by atoms with Gasteiger partial charge in [0.15, 0.2) is 11.7 Å². The van der Waals surface area contributed by atoms with Crippen molar-refractivity contribution >= 4 is 28.3 Å². The highest BCUT2D eigenvalue weighted by atomic mass is 32.1. The SMILES string of the molecule is COc1ccccc1-c1csc(NC(=O)COC(=O)c2ccc(-c3nc(C)c(C)[nH]3)cc2)n1. The smallest absolute Gasteiger partial charge is 0.338 e. The van der Waals surface area contributed by atoms with Crippen LogP contribution in [0.2, 0.25) is 0 Å². The van der Waals surface area contributed by atoms with Crippen molar-refractivity contribution in [2.75, 3.05) is 19.0 Å². The molecule has 9 heteroatoms. The van der Waals surface area contributed by atoms with Gasteiger partial charge in [0.25, 0.3) is 5.91 Å². The normalized spacial score (nSPS) is 10.6. The number of hydrogen-bond acceptors (Lipinski definition) is 7. The lowest BCUT2D eigenvalue weighted by Gasteiger charge is -2.06. The van der Waals surface area contributed by atoms with Crippen LogP contribution in [-0.4, -0.2) is 40.5 Å². The molecule has 2 heterocycles.